The number of benzene rings is 2. The third-order valence-corrected chi connectivity index (χ3v) is 6.01. The van der Waals surface area contributed by atoms with E-state index in [9.17, 15) is 0 Å². The predicted octanol–water partition coefficient (Wildman–Crippen LogP) is 5.48. The second kappa shape index (κ2) is 9.98. The normalized spacial score (nSPS) is 12.8. The minimum absolute atomic E-state index is 0.274. The number of para-hydroxylation sites is 1. The first-order chi connectivity index (χ1) is 13.6. The van der Waals surface area contributed by atoms with Gasteiger partial charge >= 0.3 is 0 Å². The highest BCUT2D eigenvalue weighted by molar-refractivity contribution is 7.22. The van der Waals surface area contributed by atoms with Crippen LogP contribution in [0.2, 0.25) is 0 Å². The van der Waals surface area contributed by atoms with E-state index in [-0.39, 0.29) is 6.04 Å². The number of hydrogen-bond acceptors (Lipinski definition) is 6. The highest BCUT2D eigenvalue weighted by atomic mass is 32.1. The van der Waals surface area contributed by atoms with Gasteiger partial charge < -0.3 is 5.32 Å². The molecule has 5 nitrogen and oxygen atoms in total. The van der Waals surface area contributed by atoms with Crippen molar-refractivity contribution in [2.45, 2.75) is 39.7 Å². The molecule has 1 heterocycles. The Morgan fingerprint density at radius 3 is 2.36 bits per heavy atom. The molecule has 0 fully saturated rings. The average molecular weight is 398 g/mol. The number of rotatable bonds is 10. The molecule has 0 aliphatic rings. The van der Waals surface area contributed by atoms with Gasteiger partial charge in [-0.1, -0.05) is 69.2 Å². The average Bonchev–Trinajstić information content (AvgIpc) is 3.11. The molecule has 0 aliphatic carbocycles. The second-order valence-electron chi connectivity index (χ2n) is 6.99. The summed E-state index contributed by atoms with van der Waals surface area (Å²) in [6, 6.07) is 17.2. The number of fused-ring (bicyclic) bond motifs is 1. The van der Waals surface area contributed by atoms with Crippen LogP contribution in [-0.4, -0.2) is 23.7 Å². The van der Waals surface area contributed by atoms with Gasteiger partial charge in [0.1, 0.15) is 0 Å². The zero-order valence-corrected chi connectivity index (χ0v) is 18.0. The summed E-state index contributed by atoms with van der Waals surface area (Å²) >= 11 is 1.68. The van der Waals surface area contributed by atoms with E-state index in [1.807, 2.05) is 24.3 Å². The van der Waals surface area contributed by atoms with Gasteiger partial charge in [-0.2, -0.15) is 5.12 Å². The molecule has 0 saturated carbocycles. The number of thiazole rings is 1. The zero-order chi connectivity index (χ0) is 19.9. The van der Waals surface area contributed by atoms with Crippen molar-refractivity contribution in [1.82, 2.24) is 21.0 Å². The van der Waals surface area contributed by atoms with Crippen LogP contribution in [-0.2, 0) is 0 Å². The van der Waals surface area contributed by atoms with Crippen molar-refractivity contribution >= 4 is 32.4 Å². The third kappa shape index (κ3) is 5.08. The molecule has 0 bridgehead atoms. The zero-order valence-electron chi connectivity index (χ0n) is 17.2. The largest absolute Gasteiger partial charge is 0.332 e. The summed E-state index contributed by atoms with van der Waals surface area (Å²) in [7, 11) is 2.03. The fourth-order valence-electron chi connectivity index (χ4n) is 3.53. The van der Waals surface area contributed by atoms with E-state index in [0.717, 1.165) is 35.7 Å². The van der Waals surface area contributed by atoms with Gasteiger partial charge in [-0.25, -0.2) is 15.8 Å². The minimum atomic E-state index is 0.274. The van der Waals surface area contributed by atoms with E-state index < -0.39 is 0 Å². The first-order valence-corrected chi connectivity index (χ1v) is 10.9. The number of hydrazine groups is 2. The van der Waals surface area contributed by atoms with Crippen molar-refractivity contribution in [2.75, 3.05) is 18.9 Å². The SMILES string of the molecule is CCNN(C)NC(c1ccc(Nc2nc3ccccc3s2)cc1)C(CC)CC. The van der Waals surface area contributed by atoms with Crippen LogP contribution < -0.4 is 16.2 Å². The molecule has 3 N–H and O–H groups in total. The summed E-state index contributed by atoms with van der Waals surface area (Å²) in [5.74, 6) is 0.573. The lowest BCUT2D eigenvalue weighted by atomic mass is 9.89. The maximum Gasteiger partial charge on any atom is 0.188 e. The molecule has 2 aromatic carbocycles. The molecule has 1 atom stereocenters. The lowest BCUT2D eigenvalue weighted by Gasteiger charge is -2.31. The van der Waals surface area contributed by atoms with Gasteiger partial charge in [-0.15, -0.1) is 0 Å². The standard InChI is InChI=1S/C22H31N5S/c1-5-16(6-2)21(26-27(4)23-7-3)17-12-14-18(15-13-17)24-22-25-19-10-8-9-11-20(19)28-22/h8-16,21,23,26H,5-7H2,1-4H3,(H,24,25). The monoisotopic (exact) mass is 397 g/mol. The van der Waals surface area contributed by atoms with Gasteiger partial charge in [-0.05, 0) is 35.7 Å². The van der Waals surface area contributed by atoms with E-state index in [4.69, 9.17) is 0 Å². The molecule has 3 aromatic rings. The van der Waals surface area contributed by atoms with Crippen LogP contribution in [0.3, 0.4) is 0 Å². The molecule has 0 aliphatic heterocycles. The lowest BCUT2D eigenvalue weighted by molar-refractivity contribution is 0.104. The summed E-state index contributed by atoms with van der Waals surface area (Å²) in [5.41, 5.74) is 10.3. The maximum absolute atomic E-state index is 4.66. The van der Waals surface area contributed by atoms with Crippen molar-refractivity contribution in [3.8, 4) is 0 Å². The highest BCUT2D eigenvalue weighted by Crippen LogP contribution is 2.31. The van der Waals surface area contributed by atoms with Crippen LogP contribution in [0.1, 0.15) is 45.2 Å². The number of nitrogens with one attached hydrogen (secondary N) is 3. The van der Waals surface area contributed by atoms with Crippen LogP contribution in [0.4, 0.5) is 10.8 Å². The molecule has 6 heteroatoms. The Morgan fingerprint density at radius 2 is 1.71 bits per heavy atom. The molecule has 0 spiro atoms. The third-order valence-electron chi connectivity index (χ3n) is 5.06. The molecule has 1 unspecified atom stereocenters. The Balaban J connectivity index is 1.75. The number of nitrogens with zero attached hydrogens (tertiary/aromatic N) is 2. The van der Waals surface area contributed by atoms with Gasteiger partial charge in [0.25, 0.3) is 0 Å². The first-order valence-electron chi connectivity index (χ1n) is 10.1. The molecule has 0 amide bonds. The van der Waals surface area contributed by atoms with Gasteiger partial charge in [0.05, 0.1) is 16.3 Å². The van der Waals surface area contributed by atoms with E-state index in [0.29, 0.717) is 5.92 Å². The fraction of sp³-hybridized carbons (Fsp3) is 0.409. The van der Waals surface area contributed by atoms with Gasteiger partial charge in [-0.3, -0.25) is 0 Å². The number of aromatic nitrogens is 1. The summed E-state index contributed by atoms with van der Waals surface area (Å²) < 4.78 is 1.20. The summed E-state index contributed by atoms with van der Waals surface area (Å²) in [6.45, 7) is 7.52. The molecule has 3 rings (SSSR count). The quantitative estimate of drug-likeness (QED) is 0.396. The van der Waals surface area contributed by atoms with Gasteiger partial charge in [0.2, 0.25) is 0 Å². The summed E-state index contributed by atoms with van der Waals surface area (Å²) in [6.07, 6.45) is 2.28. The van der Waals surface area contributed by atoms with Crippen molar-refractivity contribution in [3.63, 3.8) is 0 Å². The second-order valence-corrected chi connectivity index (χ2v) is 8.02. The van der Waals surface area contributed by atoms with Gasteiger partial charge in [0.15, 0.2) is 5.13 Å². The van der Waals surface area contributed by atoms with Crippen LogP contribution in [0.5, 0.6) is 0 Å². The Labute approximate surface area is 172 Å². The van der Waals surface area contributed by atoms with Crippen LogP contribution in [0, 0.1) is 5.92 Å². The van der Waals surface area contributed by atoms with E-state index in [2.05, 4.69) is 78.3 Å². The topological polar surface area (TPSA) is 52.2 Å². The van der Waals surface area contributed by atoms with E-state index >= 15 is 0 Å². The molecule has 1 aromatic heterocycles. The maximum atomic E-state index is 4.66. The highest BCUT2D eigenvalue weighted by Gasteiger charge is 2.21. The van der Waals surface area contributed by atoms with E-state index in [1.165, 1.54) is 10.3 Å². The summed E-state index contributed by atoms with van der Waals surface area (Å²) in [4.78, 5) is 4.66. The summed E-state index contributed by atoms with van der Waals surface area (Å²) in [5, 5.41) is 6.35. The minimum Gasteiger partial charge on any atom is -0.332 e. The van der Waals surface area contributed by atoms with Crippen LogP contribution in [0.25, 0.3) is 10.2 Å². The van der Waals surface area contributed by atoms with Crippen molar-refractivity contribution in [3.05, 3.63) is 54.1 Å². The number of anilines is 2. The molecule has 28 heavy (non-hydrogen) atoms. The van der Waals surface area contributed by atoms with Crippen molar-refractivity contribution < 1.29 is 0 Å². The Morgan fingerprint density at radius 1 is 1.00 bits per heavy atom. The Kier molecular flexibility index (Phi) is 7.39. The molecule has 0 saturated heterocycles. The van der Waals surface area contributed by atoms with Crippen molar-refractivity contribution in [1.29, 1.82) is 0 Å². The number of hydrogen-bond donors (Lipinski definition) is 3. The molecular weight excluding hydrogens is 366 g/mol. The van der Waals surface area contributed by atoms with Crippen LogP contribution in [0.15, 0.2) is 48.5 Å². The van der Waals surface area contributed by atoms with Crippen molar-refractivity contribution in [2.24, 2.45) is 5.92 Å². The molecular formula is C22H31N5S. The predicted molar refractivity (Wildman–Crippen MR) is 121 cm³/mol. The van der Waals surface area contributed by atoms with Gasteiger partial charge in [0, 0.05) is 19.3 Å². The van der Waals surface area contributed by atoms with E-state index in [1.54, 1.807) is 11.3 Å². The van der Waals surface area contributed by atoms with Crippen LogP contribution >= 0.6 is 11.3 Å². The molecule has 0 radical (unpaired) electrons. The molecule has 150 valence electrons. The fourth-order valence-corrected chi connectivity index (χ4v) is 4.41. The Bertz CT molecular complexity index is 824. The lowest BCUT2D eigenvalue weighted by Crippen LogP contribution is -2.48. The Hall–Kier alpha value is -1.99. The first kappa shape index (κ1) is 20.7. The smallest absolute Gasteiger partial charge is 0.188 e.